The lowest BCUT2D eigenvalue weighted by Gasteiger charge is -2.04. The Hall–Kier alpha value is -3.15. The van der Waals surface area contributed by atoms with Crippen LogP contribution in [0.25, 0.3) is 0 Å². The zero-order valence-corrected chi connectivity index (χ0v) is 13.4. The van der Waals surface area contributed by atoms with Crippen molar-refractivity contribution in [2.45, 2.75) is 16.3 Å². The number of sulfone groups is 1. The molecule has 0 fully saturated rings. The molecule has 1 amide bonds. The topological polar surface area (TPSA) is 163 Å². The first-order chi connectivity index (χ1) is 11.8. The Labute approximate surface area is 141 Å². The largest absolute Gasteiger partial charge is 0.480 e. The molecule has 0 aliphatic heterocycles. The monoisotopic (exact) mass is 371 g/mol. The number of rotatable bonds is 8. The Morgan fingerprint density at radius 2 is 2.00 bits per heavy atom. The number of carboxylic acids is 1. The van der Waals surface area contributed by atoms with Crippen molar-refractivity contribution in [2.75, 3.05) is 13.2 Å². The van der Waals surface area contributed by atoms with Crippen molar-refractivity contribution in [2.24, 2.45) is 0 Å². The van der Waals surface area contributed by atoms with Crippen molar-refractivity contribution in [3.8, 4) is 5.88 Å². The summed E-state index contributed by atoms with van der Waals surface area (Å²) in [5.74, 6) is -2.44. The van der Waals surface area contributed by atoms with Crippen molar-refractivity contribution in [1.82, 2.24) is 10.5 Å². The maximum absolute atomic E-state index is 12.5. The number of aromatic nitrogens is 2. The molecular formula is C13H13N3O8S. The van der Waals surface area contributed by atoms with Gasteiger partial charge in [-0.05, 0) is 17.0 Å². The second-order valence-electron chi connectivity index (χ2n) is 4.63. The third kappa shape index (κ3) is 4.44. The first-order valence-corrected chi connectivity index (χ1v) is 8.32. The van der Waals surface area contributed by atoms with Gasteiger partial charge in [0.15, 0.2) is 0 Å². The number of benzene rings is 1. The van der Waals surface area contributed by atoms with Crippen molar-refractivity contribution >= 4 is 21.7 Å². The molecule has 0 unspecified atom stereocenters. The molecule has 0 bridgehead atoms. The average molecular weight is 371 g/mol. The number of hydrogen-bond acceptors (Lipinski definition) is 8. The van der Waals surface area contributed by atoms with Gasteiger partial charge in [0.2, 0.25) is 5.91 Å². The van der Waals surface area contributed by atoms with Crippen LogP contribution in [-0.2, 0) is 19.4 Å². The molecule has 0 aliphatic carbocycles. The Balaban J connectivity index is 2.10. The maximum Gasteiger partial charge on any atom is 0.414 e. The van der Waals surface area contributed by atoms with Crippen LogP contribution in [0.4, 0.5) is 0 Å². The molecule has 0 saturated heterocycles. The van der Waals surface area contributed by atoms with Crippen molar-refractivity contribution in [3.05, 3.63) is 35.5 Å². The number of nitrogens with one attached hydrogen (secondary N) is 1. The zero-order chi connectivity index (χ0) is 18.4. The van der Waals surface area contributed by atoms with E-state index < -0.39 is 39.2 Å². The number of ether oxygens (including phenoxy) is 1. The van der Waals surface area contributed by atoms with Gasteiger partial charge in [-0.1, -0.05) is 18.2 Å². The molecule has 2 N–H and O–H groups in total. The average Bonchev–Trinajstić information content (AvgIpc) is 2.95. The molecule has 134 valence electrons. The minimum atomic E-state index is -4.24. The highest BCUT2D eigenvalue weighted by atomic mass is 32.2. The fourth-order valence-electron chi connectivity index (χ4n) is 1.74. The van der Waals surface area contributed by atoms with Crippen LogP contribution in [0.5, 0.6) is 5.88 Å². The second-order valence-corrected chi connectivity index (χ2v) is 6.49. The molecule has 25 heavy (non-hydrogen) atoms. The summed E-state index contributed by atoms with van der Waals surface area (Å²) in [4.78, 5) is 21.2. The Kier molecular flexibility index (Phi) is 5.54. The van der Waals surface area contributed by atoms with E-state index in [1.165, 1.54) is 24.3 Å². The minimum absolute atomic E-state index is 0.160. The number of amides is 1. The first-order valence-electron chi connectivity index (χ1n) is 6.83. The molecule has 1 aromatic heterocycles. The van der Waals surface area contributed by atoms with Crippen LogP contribution in [0.2, 0.25) is 0 Å². The molecule has 2 rings (SSSR count). The molecule has 1 aromatic carbocycles. The predicted molar refractivity (Wildman–Crippen MR) is 78.1 cm³/mol. The molecule has 0 radical (unpaired) electrons. The first kappa shape index (κ1) is 18.2. The van der Waals surface area contributed by atoms with Crippen LogP contribution in [0, 0.1) is 5.21 Å². The van der Waals surface area contributed by atoms with Gasteiger partial charge in [-0.2, -0.15) is 0 Å². The standard InChI is InChI=1S/C13H13N3O8S/c17-10(14-8-11(18)19)6-7-23-12-13(16(20)24-15-12)25(21,22)9-4-2-1-3-5-9/h1-5H,6-8H2,(H,14,17)(H,18,19). The van der Waals surface area contributed by atoms with Gasteiger partial charge in [0.05, 0.1) is 16.5 Å². The fourth-order valence-corrected chi connectivity index (χ4v) is 3.04. The SMILES string of the molecule is O=C(O)CNC(=O)CCOc1no[n+]([O-])c1S(=O)(=O)c1ccccc1. The third-order valence-corrected chi connectivity index (χ3v) is 4.58. The van der Waals surface area contributed by atoms with E-state index in [1.54, 1.807) is 6.07 Å². The highest BCUT2D eigenvalue weighted by molar-refractivity contribution is 7.91. The number of carbonyl (C=O) groups is 2. The zero-order valence-electron chi connectivity index (χ0n) is 12.6. The summed E-state index contributed by atoms with van der Waals surface area (Å²) in [5, 5.41) is 24.5. The van der Waals surface area contributed by atoms with Crippen LogP contribution in [-0.4, -0.2) is 43.7 Å². The number of carboxylic acid groups (broad SMARTS) is 1. The normalized spacial score (nSPS) is 11.0. The summed E-state index contributed by atoms with van der Waals surface area (Å²) in [6.45, 7) is -0.897. The molecule has 12 heteroatoms. The van der Waals surface area contributed by atoms with Gasteiger partial charge in [-0.3, -0.25) is 14.2 Å². The van der Waals surface area contributed by atoms with Gasteiger partial charge in [0.1, 0.15) is 13.2 Å². The highest BCUT2D eigenvalue weighted by Crippen LogP contribution is 2.24. The van der Waals surface area contributed by atoms with E-state index in [9.17, 15) is 23.2 Å². The van der Waals surface area contributed by atoms with Crippen molar-refractivity contribution in [1.29, 1.82) is 0 Å². The molecule has 0 saturated carbocycles. The summed E-state index contributed by atoms with van der Waals surface area (Å²) in [6.07, 6.45) is -0.274. The lowest BCUT2D eigenvalue weighted by atomic mass is 10.4. The van der Waals surface area contributed by atoms with E-state index in [2.05, 4.69) is 15.1 Å². The van der Waals surface area contributed by atoms with Gasteiger partial charge < -0.3 is 20.4 Å². The summed E-state index contributed by atoms with van der Waals surface area (Å²) in [6, 6.07) is 7.12. The van der Waals surface area contributed by atoms with Crippen LogP contribution >= 0.6 is 0 Å². The lowest BCUT2D eigenvalue weighted by Crippen LogP contribution is -2.31. The van der Waals surface area contributed by atoms with Gasteiger partial charge in [-0.15, -0.1) is 0 Å². The van der Waals surface area contributed by atoms with E-state index in [-0.39, 0.29) is 22.8 Å². The van der Waals surface area contributed by atoms with Gasteiger partial charge in [0.25, 0.3) is 9.84 Å². The molecule has 2 aromatic rings. The van der Waals surface area contributed by atoms with E-state index in [0.29, 0.717) is 0 Å². The molecule has 11 nitrogen and oxygen atoms in total. The molecule has 0 atom stereocenters. The fraction of sp³-hybridized carbons (Fsp3) is 0.231. The number of carbonyl (C=O) groups excluding carboxylic acids is 1. The molecular weight excluding hydrogens is 358 g/mol. The Morgan fingerprint density at radius 1 is 1.32 bits per heavy atom. The van der Waals surface area contributed by atoms with Crippen LogP contribution < -0.4 is 15.0 Å². The van der Waals surface area contributed by atoms with E-state index in [1.807, 2.05) is 0 Å². The number of aliphatic carboxylic acids is 1. The van der Waals surface area contributed by atoms with Gasteiger partial charge in [0, 0.05) is 0 Å². The lowest BCUT2D eigenvalue weighted by molar-refractivity contribution is -0.832. The van der Waals surface area contributed by atoms with Crippen molar-refractivity contribution in [3.63, 3.8) is 0 Å². The molecule has 0 spiro atoms. The quantitative estimate of drug-likeness (QED) is 0.560. The van der Waals surface area contributed by atoms with E-state index in [4.69, 9.17) is 9.84 Å². The molecule has 0 aliphatic rings. The predicted octanol–water partition coefficient (Wildman–Crippen LogP) is -0.889. The van der Waals surface area contributed by atoms with E-state index in [0.717, 1.165) is 0 Å². The number of hydrogen-bond donors (Lipinski definition) is 2. The third-order valence-electron chi connectivity index (χ3n) is 2.86. The Morgan fingerprint density at radius 3 is 2.64 bits per heavy atom. The smallest absolute Gasteiger partial charge is 0.414 e. The van der Waals surface area contributed by atoms with Gasteiger partial charge in [-0.25, -0.2) is 8.42 Å². The second kappa shape index (κ2) is 7.61. The van der Waals surface area contributed by atoms with Crippen LogP contribution in [0.15, 0.2) is 44.9 Å². The Bertz CT molecular complexity index is 863. The number of nitrogens with zero attached hydrogens (tertiary/aromatic N) is 2. The summed E-state index contributed by atoms with van der Waals surface area (Å²) in [5.41, 5.74) is 0. The summed E-state index contributed by atoms with van der Waals surface area (Å²) < 4.78 is 34.2. The maximum atomic E-state index is 12.5. The summed E-state index contributed by atoms with van der Waals surface area (Å²) >= 11 is 0. The van der Waals surface area contributed by atoms with Gasteiger partial charge >= 0.3 is 16.9 Å². The summed E-state index contributed by atoms with van der Waals surface area (Å²) in [7, 11) is -4.24. The minimum Gasteiger partial charge on any atom is -0.480 e. The molecule has 1 heterocycles. The van der Waals surface area contributed by atoms with Crippen LogP contribution in [0.1, 0.15) is 6.42 Å². The van der Waals surface area contributed by atoms with Crippen molar-refractivity contribution < 1.29 is 37.4 Å². The van der Waals surface area contributed by atoms with E-state index >= 15 is 0 Å². The van der Waals surface area contributed by atoms with Crippen LogP contribution in [0.3, 0.4) is 0 Å². The highest BCUT2D eigenvalue weighted by Gasteiger charge is 2.35.